The van der Waals surface area contributed by atoms with Gasteiger partial charge in [0.2, 0.25) is 0 Å². The van der Waals surface area contributed by atoms with E-state index in [4.69, 9.17) is 0 Å². The van der Waals surface area contributed by atoms with Crippen molar-refractivity contribution in [3.05, 3.63) is 48.6 Å². The third kappa shape index (κ3) is 7.90. The van der Waals surface area contributed by atoms with Gasteiger partial charge in [-0.1, -0.05) is 41.0 Å². The second-order valence-corrected chi connectivity index (χ2v) is 1.54. The zero-order valence-electron chi connectivity index (χ0n) is 5.09. The smallest absolute Gasteiger partial charge is 0.0203 e. The Morgan fingerprint density at radius 2 is 1.75 bits per heavy atom. The first-order valence-corrected chi connectivity index (χ1v) is 2.52. The van der Waals surface area contributed by atoms with E-state index in [1.165, 1.54) is 0 Å². The molecule has 0 saturated heterocycles. The van der Waals surface area contributed by atoms with Crippen LogP contribution in [0.5, 0.6) is 0 Å². The van der Waals surface area contributed by atoms with Gasteiger partial charge in [0.15, 0.2) is 0 Å². The molecule has 0 amide bonds. The van der Waals surface area contributed by atoms with Crippen molar-refractivity contribution in [1.29, 1.82) is 0 Å². The molecule has 0 bridgehead atoms. The molecule has 0 atom stereocenters. The topological polar surface area (TPSA) is 0 Å². The van der Waals surface area contributed by atoms with Crippen LogP contribution in [0.25, 0.3) is 0 Å². The van der Waals surface area contributed by atoms with Crippen LogP contribution >= 0.6 is 0 Å². The largest absolute Gasteiger partial charge is 0.125 e. The Morgan fingerprint density at radius 3 is 2.00 bits per heavy atom. The first kappa shape index (κ1) is 22.6. The summed E-state index contributed by atoms with van der Waals surface area (Å²) in [5.74, 6) is 0. The Hall–Kier alpha value is -0.201. The molecule has 1 rings (SSSR count). The fraction of sp³-hybridized carbons (Fsp3) is 0.273. The normalized spacial score (nSPS) is 10.5. The molecule has 5 radical (unpaired) electrons. The van der Waals surface area contributed by atoms with Gasteiger partial charge in [0.05, 0.1) is 0 Å². The van der Waals surface area contributed by atoms with E-state index in [-0.39, 0.29) is 46.2 Å². The fourth-order valence-corrected chi connectivity index (χ4v) is 0.536. The number of hydrogen-bond acceptors (Lipinski definition) is 0. The summed E-state index contributed by atoms with van der Waals surface area (Å²) in [4.78, 5) is 0. The number of hydrogen-bond donors (Lipinski definition) is 0. The minimum Gasteiger partial charge on any atom is -0.125 e. The Kier molecular flexibility index (Phi) is 25.2. The maximum Gasteiger partial charge on any atom is 0.0203 e. The molecule has 0 aliphatic heterocycles. The van der Waals surface area contributed by atoms with Gasteiger partial charge >= 0.3 is 0 Å². The summed E-state index contributed by atoms with van der Waals surface area (Å²) in [5, 5.41) is 0. The first-order valence-electron chi connectivity index (χ1n) is 2.52. The van der Waals surface area contributed by atoms with Gasteiger partial charge < -0.3 is 0 Å². The van der Waals surface area contributed by atoms with Crippen LogP contribution in [0, 0.1) is 6.42 Å². The van der Waals surface area contributed by atoms with Gasteiger partial charge in [-0.15, -0.1) is 5.73 Å². The minimum atomic E-state index is 0. The van der Waals surface area contributed by atoms with Crippen LogP contribution < -0.4 is 0 Å². The molecule has 1 aliphatic rings. The van der Waals surface area contributed by atoms with E-state index in [1.54, 1.807) is 0 Å². The summed E-state index contributed by atoms with van der Waals surface area (Å²) in [6.45, 7) is 3.62. The van der Waals surface area contributed by atoms with Gasteiger partial charge in [0.1, 0.15) is 0 Å². The molecule has 67 valence electrons. The molecule has 0 spiro atoms. The summed E-state index contributed by atoms with van der Waals surface area (Å²) in [7, 11) is 0. The molecule has 1 aliphatic carbocycles. The molecule has 0 aromatic carbocycles. The van der Waals surface area contributed by atoms with Gasteiger partial charge in [-0.25, -0.2) is 0 Å². The van der Waals surface area contributed by atoms with Gasteiger partial charge in [-0.05, 0) is 17.7 Å². The molecule has 0 N–H and O–H groups in total. The zero-order valence-corrected chi connectivity index (χ0v) is 7.95. The van der Waals surface area contributed by atoms with Crippen LogP contribution in [0.3, 0.4) is 0 Å². The van der Waals surface area contributed by atoms with Crippen LogP contribution in [-0.4, -0.2) is 23.9 Å². The average Bonchev–Trinajstić information content (AvgIpc) is 1.90. The van der Waals surface area contributed by atoms with E-state index in [0.717, 1.165) is 5.57 Å². The van der Waals surface area contributed by atoms with Crippen LogP contribution in [-0.2, 0) is 0 Å². The van der Waals surface area contributed by atoms with Crippen molar-refractivity contribution >= 4 is 23.9 Å². The molecule has 0 heterocycles. The minimum absolute atomic E-state index is 0. The predicted molar refractivity (Wildman–Crippen MR) is 61.2 cm³/mol. The first-order chi connectivity index (χ1) is 3.93. The Morgan fingerprint density at radius 1 is 1.17 bits per heavy atom. The van der Waals surface area contributed by atoms with Gasteiger partial charge in [-0.2, -0.15) is 0 Å². The van der Waals surface area contributed by atoms with Crippen LogP contribution in [0.2, 0.25) is 0 Å². The van der Waals surface area contributed by atoms with Crippen molar-refractivity contribution in [3.63, 3.8) is 0 Å². The quantitative estimate of drug-likeness (QED) is 0.505. The molecular formula is C11H19Sn. The predicted octanol–water partition coefficient (Wildman–Crippen LogP) is 3.56. The average molecular weight is 270 g/mol. The molecule has 0 unspecified atom stereocenters. The van der Waals surface area contributed by atoms with Crippen molar-refractivity contribution in [1.82, 2.24) is 0 Å². The van der Waals surface area contributed by atoms with Crippen molar-refractivity contribution in [2.45, 2.75) is 22.3 Å². The molecular weight excluding hydrogens is 251 g/mol. The molecule has 0 saturated carbocycles. The molecule has 0 nitrogen and oxygen atoms in total. The zero-order chi connectivity index (χ0) is 5.82. The number of allylic oxidation sites excluding steroid dienone is 4. The molecule has 0 aromatic rings. The maximum atomic E-state index is 3.62. The van der Waals surface area contributed by atoms with Crippen LogP contribution in [0.4, 0.5) is 0 Å². The third-order valence-electron chi connectivity index (χ3n) is 0.980. The second kappa shape index (κ2) is 13.4. The summed E-state index contributed by atoms with van der Waals surface area (Å²) >= 11 is 0. The second-order valence-electron chi connectivity index (χ2n) is 1.54. The van der Waals surface area contributed by atoms with E-state index in [1.807, 2.05) is 30.7 Å². The number of rotatable bonds is 1. The van der Waals surface area contributed by atoms with Gasteiger partial charge in [0, 0.05) is 30.3 Å². The molecule has 0 fully saturated rings. The molecule has 1 heteroatoms. The maximum absolute atomic E-state index is 3.62. The third-order valence-corrected chi connectivity index (χ3v) is 0.980. The molecule has 12 heavy (non-hydrogen) atoms. The van der Waals surface area contributed by atoms with Crippen LogP contribution in [0.15, 0.2) is 42.2 Å². The Bertz CT molecular complexity index is 181. The van der Waals surface area contributed by atoms with E-state index < -0.39 is 0 Å². The van der Waals surface area contributed by atoms with E-state index >= 15 is 0 Å². The standard InChI is InChI=1S/C8H7.3CH4.Sn/c1-2-8-6-4-3-5-7-8;;;;/h2,4-7H,1H2;3*1H4;. The van der Waals surface area contributed by atoms with E-state index in [9.17, 15) is 0 Å². The van der Waals surface area contributed by atoms with Crippen molar-refractivity contribution in [2.75, 3.05) is 0 Å². The van der Waals surface area contributed by atoms with E-state index in [2.05, 4.69) is 12.3 Å². The Labute approximate surface area is 94.7 Å². The van der Waals surface area contributed by atoms with Crippen molar-refractivity contribution < 1.29 is 0 Å². The summed E-state index contributed by atoms with van der Waals surface area (Å²) in [5.41, 5.74) is 4.06. The van der Waals surface area contributed by atoms with Crippen molar-refractivity contribution in [3.8, 4) is 0 Å². The summed E-state index contributed by atoms with van der Waals surface area (Å²) in [6.07, 6.45) is 9.49. The summed E-state index contributed by atoms with van der Waals surface area (Å²) < 4.78 is 0. The summed E-state index contributed by atoms with van der Waals surface area (Å²) in [6, 6.07) is 0. The van der Waals surface area contributed by atoms with Crippen molar-refractivity contribution in [2.24, 2.45) is 0 Å². The van der Waals surface area contributed by atoms with E-state index in [0.29, 0.717) is 0 Å². The molecule has 0 aromatic heterocycles. The fourth-order valence-electron chi connectivity index (χ4n) is 0.536. The van der Waals surface area contributed by atoms with Gasteiger partial charge in [-0.3, -0.25) is 0 Å². The van der Waals surface area contributed by atoms with Crippen LogP contribution in [0.1, 0.15) is 22.3 Å². The SMILES string of the molecule is C.C.C.C=CC1=CC=C=C[CH]1.[Sn]. The Balaban J connectivity index is -0.0000000800. The monoisotopic (exact) mass is 271 g/mol. The van der Waals surface area contributed by atoms with Gasteiger partial charge in [0.25, 0.3) is 0 Å².